The Bertz CT molecular complexity index is 731. The van der Waals surface area contributed by atoms with Gasteiger partial charge in [-0.2, -0.15) is 0 Å². The van der Waals surface area contributed by atoms with Crippen molar-refractivity contribution in [2.24, 2.45) is 22.4 Å². The van der Waals surface area contributed by atoms with Gasteiger partial charge in [-0.05, 0) is 79.9 Å². The van der Waals surface area contributed by atoms with Crippen molar-refractivity contribution < 1.29 is 19.8 Å². The van der Waals surface area contributed by atoms with Gasteiger partial charge in [0, 0.05) is 5.56 Å². The van der Waals surface area contributed by atoms with Gasteiger partial charge in [-0.1, -0.05) is 12.1 Å². The number of nitrogens with zero attached hydrogens (tertiary/aromatic N) is 1. The van der Waals surface area contributed by atoms with E-state index in [9.17, 15) is 10.2 Å². The van der Waals surface area contributed by atoms with Gasteiger partial charge < -0.3 is 19.8 Å². The summed E-state index contributed by atoms with van der Waals surface area (Å²) in [6, 6.07) is 3.79. The van der Waals surface area contributed by atoms with E-state index in [1.165, 1.54) is 5.56 Å². The SMILES string of the molecule is CCOc1cc2c(cc1O)/C(=N/OC)C[C@H]1[C@@H]2CC[C@]2(C)[C@@H]1CC[C@@H]2O. The van der Waals surface area contributed by atoms with E-state index in [0.717, 1.165) is 43.4 Å². The van der Waals surface area contributed by atoms with Gasteiger partial charge in [0.05, 0.1) is 18.4 Å². The van der Waals surface area contributed by atoms with Gasteiger partial charge in [0.2, 0.25) is 0 Å². The zero-order valence-electron chi connectivity index (χ0n) is 15.9. The van der Waals surface area contributed by atoms with E-state index < -0.39 is 0 Å². The number of hydrogen-bond acceptors (Lipinski definition) is 5. The summed E-state index contributed by atoms with van der Waals surface area (Å²) in [7, 11) is 1.57. The Morgan fingerprint density at radius 1 is 1.27 bits per heavy atom. The second kappa shape index (κ2) is 6.45. The maximum Gasteiger partial charge on any atom is 0.161 e. The predicted octanol–water partition coefficient (Wildman–Crippen LogP) is 3.82. The molecule has 0 aliphatic heterocycles. The third-order valence-electron chi connectivity index (χ3n) is 7.16. The molecule has 26 heavy (non-hydrogen) atoms. The molecule has 2 fully saturated rings. The molecule has 3 aliphatic carbocycles. The largest absolute Gasteiger partial charge is 0.504 e. The zero-order chi connectivity index (χ0) is 18.5. The van der Waals surface area contributed by atoms with Crippen molar-refractivity contribution in [1.29, 1.82) is 0 Å². The average Bonchev–Trinajstić information content (AvgIpc) is 2.92. The van der Waals surface area contributed by atoms with Crippen LogP contribution in [0.25, 0.3) is 0 Å². The highest BCUT2D eigenvalue weighted by Gasteiger charge is 2.55. The fourth-order valence-corrected chi connectivity index (χ4v) is 5.87. The van der Waals surface area contributed by atoms with Gasteiger partial charge >= 0.3 is 0 Å². The molecule has 3 aliphatic rings. The van der Waals surface area contributed by atoms with Crippen LogP contribution in [0.4, 0.5) is 0 Å². The van der Waals surface area contributed by atoms with Crippen molar-refractivity contribution in [3.8, 4) is 11.5 Å². The van der Waals surface area contributed by atoms with E-state index in [1.54, 1.807) is 13.2 Å². The summed E-state index contributed by atoms with van der Waals surface area (Å²) in [5.74, 6) is 2.07. The summed E-state index contributed by atoms with van der Waals surface area (Å²) in [5, 5.41) is 25.2. The molecule has 0 aromatic heterocycles. The van der Waals surface area contributed by atoms with Crippen LogP contribution < -0.4 is 4.74 Å². The van der Waals surface area contributed by atoms with Crippen molar-refractivity contribution in [3.05, 3.63) is 23.3 Å². The fourth-order valence-electron chi connectivity index (χ4n) is 5.87. The van der Waals surface area contributed by atoms with E-state index in [1.807, 2.05) is 13.0 Å². The molecule has 4 rings (SSSR count). The molecule has 2 saturated carbocycles. The minimum Gasteiger partial charge on any atom is -0.504 e. The minimum atomic E-state index is -0.198. The highest BCUT2D eigenvalue weighted by molar-refractivity contribution is 6.03. The molecule has 5 nitrogen and oxygen atoms in total. The molecule has 1 aromatic rings. The van der Waals surface area contributed by atoms with Gasteiger partial charge in [0.25, 0.3) is 0 Å². The lowest BCUT2D eigenvalue weighted by molar-refractivity contribution is -0.0179. The lowest BCUT2D eigenvalue weighted by Gasteiger charge is -2.50. The lowest BCUT2D eigenvalue weighted by atomic mass is 9.55. The van der Waals surface area contributed by atoms with E-state index in [-0.39, 0.29) is 17.3 Å². The summed E-state index contributed by atoms with van der Waals surface area (Å²) in [6.07, 6.45) is 4.71. The number of fused-ring (bicyclic) bond motifs is 5. The van der Waals surface area contributed by atoms with Gasteiger partial charge in [-0.3, -0.25) is 0 Å². The van der Waals surface area contributed by atoms with Crippen LogP contribution in [0, 0.1) is 17.3 Å². The Morgan fingerprint density at radius 2 is 2.08 bits per heavy atom. The monoisotopic (exact) mass is 359 g/mol. The van der Waals surface area contributed by atoms with Crippen molar-refractivity contribution in [1.82, 2.24) is 0 Å². The van der Waals surface area contributed by atoms with Gasteiger partial charge in [0.15, 0.2) is 11.5 Å². The summed E-state index contributed by atoms with van der Waals surface area (Å²) in [4.78, 5) is 5.12. The Balaban J connectivity index is 1.80. The molecule has 5 atom stereocenters. The number of aliphatic hydroxyl groups excluding tert-OH is 1. The molecule has 0 unspecified atom stereocenters. The Morgan fingerprint density at radius 3 is 2.81 bits per heavy atom. The molecule has 0 saturated heterocycles. The lowest BCUT2D eigenvalue weighted by Crippen LogP contribution is -2.45. The zero-order valence-corrected chi connectivity index (χ0v) is 15.9. The highest BCUT2D eigenvalue weighted by atomic mass is 16.6. The Labute approximate surface area is 155 Å². The molecule has 0 radical (unpaired) electrons. The molecule has 0 bridgehead atoms. The molecule has 142 valence electrons. The molecule has 2 N–H and O–H groups in total. The maximum absolute atomic E-state index is 10.6. The van der Waals surface area contributed by atoms with E-state index in [4.69, 9.17) is 9.57 Å². The number of ether oxygens (including phenoxy) is 1. The van der Waals surface area contributed by atoms with E-state index >= 15 is 0 Å². The summed E-state index contributed by atoms with van der Waals surface area (Å²) >= 11 is 0. The fraction of sp³-hybridized carbons (Fsp3) is 0.667. The molecule has 0 spiro atoms. The first-order valence-electron chi connectivity index (χ1n) is 9.77. The first-order chi connectivity index (χ1) is 12.5. The Kier molecular flexibility index (Phi) is 4.38. The topological polar surface area (TPSA) is 71.3 Å². The number of aromatic hydroxyl groups is 1. The molecule has 5 heteroatoms. The quantitative estimate of drug-likeness (QED) is 0.805. The number of benzene rings is 1. The van der Waals surface area contributed by atoms with Crippen molar-refractivity contribution >= 4 is 5.71 Å². The van der Waals surface area contributed by atoms with Gasteiger partial charge in [-0.25, -0.2) is 0 Å². The third kappa shape index (κ3) is 2.51. The highest BCUT2D eigenvalue weighted by Crippen LogP contribution is 2.61. The first-order valence-corrected chi connectivity index (χ1v) is 9.77. The first kappa shape index (κ1) is 17.7. The number of hydrogen-bond donors (Lipinski definition) is 2. The van der Waals surface area contributed by atoms with Crippen LogP contribution in [0.5, 0.6) is 11.5 Å². The number of phenolic OH excluding ortho intramolecular Hbond substituents is 1. The van der Waals surface area contributed by atoms with Crippen LogP contribution in [0.2, 0.25) is 0 Å². The van der Waals surface area contributed by atoms with Crippen LogP contribution in [0.15, 0.2) is 17.3 Å². The minimum absolute atomic E-state index is 0.0104. The van der Waals surface area contributed by atoms with Gasteiger partial charge in [0.1, 0.15) is 7.11 Å². The van der Waals surface area contributed by atoms with E-state index in [2.05, 4.69) is 12.1 Å². The molecular weight excluding hydrogens is 330 g/mol. The van der Waals surface area contributed by atoms with Crippen LogP contribution in [-0.4, -0.2) is 35.7 Å². The Hall–Kier alpha value is -1.75. The second-order valence-corrected chi connectivity index (χ2v) is 8.28. The van der Waals surface area contributed by atoms with Crippen LogP contribution >= 0.6 is 0 Å². The van der Waals surface area contributed by atoms with E-state index in [0.29, 0.717) is 30.1 Å². The normalized spacial score (nSPS) is 37.0. The van der Waals surface area contributed by atoms with Gasteiger partial charge in [-0.15, -0.1) is 0 Å². The smallest absolute Gasteiger partial charge is 0.161 e. The van der Waals surface area contributed by atoms with Crippen molar-refractivity contribution in [3.63, 3.8) is 0 Å². The number of phenols is 1. The summed E-state index contributed by atoms with van der Waals surface area (Å²) < 4.78 is 5.64. The molecule has 0 amide bonds. The number of aliphatic hydroxyl groups is 1. The van der Waals surface area contributed by atoms with Crippen LogP contribution in [0.3, 0.4) is 0 Å². The summed E-state index contributed by atoms with van der Waals surface area (Å²) in [6.45, 7) is 4.70. The van der Waals surface area contributed by atoms with Crippen LogP contribution in [0.1, 0.15) is 63.0 Å². The predicted molar refractivity (Wildman–Crippen MR) is 99.7 cm³/mol. The van der Waals surface area contributed by atoms with Crippen molar-refractivity contribution in [2.45, 2.75) is 58.0 Å². The second-order valence-electron chi connectivity index (χ2n) is 8.28. The molecule has 1 aromatic carbocycles. The maximum atomic E-state index is 10.6. The number of oxime groups is 1. The van der Waals surface area contributed by atoms with Crippen molar-refractivity contribution in [2.75, 3.05) is 13.7 Å². The number of rotatable bonds is 3. The average molecular weight is 359 g/mol. The molecular formula is C21H29NO4. The van der Waals surface area contributed by atoms with Crippen LogP contribution in [-0.2, 0) is 4.84 Å². The summed E-state index contributed by atoms with van der Waals surface area (Å²) in [5.41, 5.74) is 3.10. The molecule has 0 heterocycles. The third-order valence-corrected chi connectivity index (χ3v) is 7.16. The standard InChI is InChI=1S/C21H29NO4/c1-4-26-19-11-13-12-7-8-21(2)16(5-6-20(21)24)14(12)9-17(22-25-3)15(13)10-18(19)23/h10-12,14,16,20,23-24H,4-9H2,1-3H3/b22-17+/t12-,14+,16-,20+,21-/m1/s1.